The molecule has 1 unspecified atom stereocenters. The number of carbonyl (C=O) groups is 1. The second-order valence-corrected chi connectivity index (χ2v) is 5.95. The summed E-state index contributed by atoms with van der Waals surface area (Å²) in [4.78, 5) is 12.6. The van der Waals surface area contributed by atoms with Crippen LogP contribution >= 0.6 is 22.9 Å². The van der Waals surface area contributed by atoms with E-state index < -0.39 is 5.60 Å². The van der Waals surface area contributed by atoms with E-state index in [0.717, 1.165) is 4.88 Å². The molecule has 3 N–H and O–H groups in total. The second-order valence-electron chi connectivity index (χ2n) is 4.57. The number of hydrogen-bond acceptors (Lipinski definition) is 3. The van der Waals surface area contributed by atoms with Crippen molar-refractivity contribution in [1.82, 2.24) is 5.32 Å². The average Bonchev–Trinajstić information content (AvgIpc) is 2.94. The summed E-state index contributed by atoms with van der Waals surface area (Å²) < 4.78 is 0. The lowest BCUT2D eigenvalue weighted by Crippen LogP contribution is -2.40. The molecular weight excluding hydrogens is 296 g/mol. The molecule has 1 heterocycles. The number of amides is 2. The molecule has 0 radical (unpaired) electrons. The molecule has 0 fully saturated rings. The van der Waals surface area contributed by atoms with Gasteiger partial charge in [-0.15, -0.1) is 11.3 Å². The fraction of sp³-hybridized carbons (Fsp3) is 0.214. The molecule has 20 heavy (non-hydrogen) atoms. The van der Waals surface area contributed by atoms with Gasteiger partial charge in [-0.2, -0.15) is 0 Å². The lowest BCUT2D eigenvalue weighted by molar-refractivity contribution is 0.0637. The summed E-state index contributed by atoms with van der Waals surface area (Å²) in [5, 5.41) is 18.1. The van der Waals surface area contributed by atoms with Gasteiger partial charge in [0, 0.05) is 15.6 Å². The number of benzene rings is 1. The van der Waals surface area contributed by atoms with Crippen LogP contribution in [0.1, 0.15) is 11.8 Å². The molecule has 2 rings (SSSR count). The zero-order chi connectivity index (χ0) is 14.6. The fourth-order valence-electron chi connectivity index (χ4n) is 1.63. The van der Waals surface area contributed by atoms with Crippen molar-refractivity contribution in [2.24, 2.45) is 0 Å². The molecule has 0 spiro atoms. The first-order chi connectivity index (χ1) is 9.47. The molecule has 106 valence electrons. The Kier molecular flexibility index (Phi) is 4.65. The summed E-state index contributed by atoms with van der Waals surface area (Å²) in [6.45, 7) is 1.80. The van der Waals surface area contributed by atoms with Crippen LogP contribution in [-0.2, 0) is 5.60 Å². The van der Waals surface area contributed by atoms with Crippen molar-refractivity contribution < 1.29 is 9.90 Å². The van der Waals surface area contributed by atoms with E-state index in [4.69, 9.17) is 11.6 Å². The first-order valence-electron chi connectivity index (χ1n) is 6.04. The van der Waals surface area contributed by atoms with Gasteiger partial charge in [0.25, 0.3) is 0 Å². The minimum Gasteiger partial charge on any atom is -0.383 e. The Morgan fingerprint density at radius 3 is 2.65 bits per heavy atom. The van der Waals surface area contributed by atoms with Gasteiger partial charge >= 0.3 is 6.03 Å². The van der Waals surface area contributed by atoms with Gasteiger partial charge in [-0.25, -0.2) is 4.79 Å². The number of halogens is 1. The highest BCUT2D eigenvalue weighted by atomic mass is 35.5. The number of urea groups is 1. The van der Waals surface area contributed by atoms with Crippen LogP contribution in [0.5, 0.6) is 0 Å². The zero-order valence-corrected chi connectivity index (χ0v) is 12.5. The first-order valence-corrected chi connectivity index (χ1v) is 7.30. The van der Waals surface area contributed by atoms with E-state index in [-0.39, 0.29) is 12.6 Å². The van der Waals surface area contributed by atoms with E-state index in [0.29, 0.717) is 10.7 Å². The molecule has 0 saturated heterocycles. The minimum atomic E-state index is -1.08. The van der Waals surface area contributed by atoms with E-state index in [9.17, 15) is 9.90 Å². The maximum Gasteiger partial charge on any atom is 0.319 e. The summed E-state index contributed by atoms with van der Waals surface area (Å²) in [5.41, 5.74) is -0.437. The van der Waals surface area contributed by atoms with Crippen molar-refractivity contribution in [3.8, 4) is 0 Å². The Labute approximate surface area is 126 Å². The number of thiophene rings is 1. The summed E-state index contributed by atoms with van der Waals surface area (Å²) in [6, 6.07) is 10.1. The van der Waals surface area contributed by atoms with Crippen molar-refractivity contribution in [2.45, 2.75) is 12.5 Å². The lowest BCUT2D eigenvalue weighted by Gasteiger charge is -2.22. The first kappa shape index (κ1) is 14.8. The van der Waals surface area contributed by atoms with E-state index in [1.165, 1.54) is 11.3 Å². The maximum absolute atomic E-state index is 11.8. The Morgan fingerprint density at radius 2 is 2.05 bits per heavy atom. The SMILES string of the molecule is CC(O)(CNC(=O)Nc1ccc(Cl)cc1)c1cccs1. The second kappa shape index (κ2) is 6.26. The quantitative estimate of drug-likeness (QED) is 0.810. The van der Waals surface area contributed by atoms with Crippen molar-refractivity contribution >= 4 is 34.7 Å². The van der Waals surface area contributed by atoms with E-state index >= 15 is 0 Å². The van der Waals surface area contributed by atoms with Gasteiger partial charge in [-0.3, -0.25) is 0 Å². The van der Waals surface area contributed by atoms with Crippen LogP contribution in [0.3, 0.4) is 0 Å². The number of aliphatic hydroxyl groups is 1. The highest BCUT2D eigenvalue weighted by Gasteiger charge is 2.24. The maximum atomic E-state index is 11.8. The molecule has 0 aliphatic rings. The summed E-state index contributed by atoms with van der Waals surface area (Å²) in [5.74, 6) is 0. The molecule has 1 aromatic heterocycles. The van der Waals surface area contributed by atoms with Crippen LogP contribution < -0.4 is 10.6 Å². The molecule has 6 heteroatoms. The minimum absolute atomic E-state index is 0.132. The van der Waals surface area contributed by atoms with Crippen LogP contribution in [0, 0.1) is 0 Å². The molecule has 0 saturated carbocycles. The third-order valence-corrected chi connectivity index (χ3v) is 4.12. The molecular formula is C14H15ClN2O2S. The third kappa shape index (κ3) is 3.96. The Hall–Kier alpha value is -1.56. The van der Waals surface area contributed by atoms with E-state index in [1.54, 1.807) is 31.2 Å². The van der Waals surface area contributed by atoms with Gasteiger partial charge in [0.05, 0.1) is 6.54 Å². The van der Waals surface area contributed by atoms with Gasteiger partial charge < -0.3 is 15.7 Å². The zero-order valence-electron chi connectivity index (χ0n) is 10.9. The van der Waals surface area contributed by atoms with Gasteiger partial charge in [-0.1, -0.05) is 17.7 Å². The number of nitrogens with one attached hydrogen (secondary N) is 2. The Balaban J connectivity index is 1.88. The van der Waals surface area contributed by atoms with Gasteiger partial charge in [0.2, 0.25) is 0 Å². The lowest BCUT2D eigenvalue weighted by atomic mass is 10.1. The molecule has 0 bridgehead atoms. The standard InChI is InChI=1S/C14H15ClN2O2S/c1-14(19,12-3-2-8-20-12)9-16-13(18)17-11-6-4-10(15)5-7-11/h2-8,19H,9H2,1H3,(H2,16,17,18). The van der Waals surface area contributed by atoms with Gasteiger partial charge in [0.15, 0.2) is 0 Å². The smallest absolute Gasteiger partial charge is 0.319 e. The molecule has 0 aliphatic carbocycles. The predicted molar refractivity (Wildman–Crippen MR) is 82.4 cm³/mol. The van der Waals surface area contributed by atoms with Crippen molar-refractivity contribution in [3.05, 3.63) is 51.7 Å². The highest BCUT2D eigenvalue weighted by Crippen LogP contribution is 2.24. The Bertz CT molecular complexity index is 567. The van der Waals surface area contributed by atoms with Gasteiger partial charge in [0.1, 0.15) is 5.60 Å². The molecule has 1 atom stereocenters. The Morgan fingerprint density at radius 1 is 1.35 bits per heavy atom. The van der Waals surface area contributed by atoms with Crippen molar-refractivity contribution in [2.75, 3.05) is 11.9 Å². The van der Waals surface area contributed by atoms with E-state index in [1.807, 2.05) is 17.5 Å². The number of carbonyl (C=O) groups excluding carboxylic acids is 1. The van der Waals surface area contributed by atoms with Crippen LogP contribution in [-0.4, -0.2) is 17.7 Å². The monoisotopic (exact) mass is 310 g/mol. The molecule has 2 amide bonds. The predicted octanol–water partition coefficient (Wildman–Crippen LogP) is 3.43. The van der Waals surface area contributed by atoms with Crippen molar-refractivity contribution in [1.29, 1.82) is 0 Å². The average molecular weight is 311 g/mol. The fourth-order valence-corrected chi connectivity index (χ4v) is 2.55. The molecule has 1 aromatic carbocycles. The van der Waals surface area contributed by atoms with Gasteiger partial charge in [-0.05, 0) is 42.6 Å². The topological polar surface area (TPSA) is 61.4 Å². The normalized spacial score (nSPS) is 13.6. The van der Waals surface area contributed by atoms with Crippen LogP contribution in [0.15, 0.2) is 41.8 Å². The summed E-state index contributed by atoms with van der Waals surface area (Å²) in [7, 11) is 0. The van der Waals surface area contributed by atoms with Crippen LogP contribution in [0.25, 0.3) is 0 Å². The number of hydrogen-bond donors (Lipinski definition) is 3. The third-order valence-electron chi connectivity index (χ3n) is 2.75. The van der Waals surface area contributed by atoms with Crippen LogP contribution in [0.2, 0.25) is 5.02 Å². The van der Waals surface area contributed by atoms with Crippen LogP contribution in [0.4, 0.5) is 10.5 Å². The highest BCUT2D eigenvalue weighted by molar-refractivity contribution is 7.10. The molecule has 2 aromatic rings. The molecule has 0 aliphatic heterocycles. The molecule has 4 nitrogen and oxygen atoms in total. The van der Waals surface area contributed by atoms with E-state index in [2.05, 4.69) is 10.6 Å². The van der Waals surface area contributed by atoms with Crippen molar-refractivity contribution in [3.63, 3.8) is 0 Å². The largest absolute Gasteiger partial charge is 0.383 e. The number of rotatable bonds is 4. The number of anilines is 1. The summed E-state index contributed by atoms with van der Waals surface area (Å²) in [6.07, 6.45) is 0. The summed E-state index contributed by atoms with van der Waals surface area (Å²) >= 11 is 7.22.